The zero-order chi connectivity index (χ0) is 24.9. The van der Waals surface area contributed by atoms with Gasteiger partial charge in [-0.25, -0.2) is 14.2 Å². The molecule has 0 bridgehead atoms. The first-order valence-corrected chi connectivity index (χ1v) is 11.3. The first kappa shape index (κ1) is 24.2. The molecule has 10 nitrogen and oxygen atoms in total. The number of hydrogen-bond acceptors (Lipinski definition) is 8. The van der Waals surface area contributed by atoms with E-state index < -0.39 is 18.0 Å². The fourth-order valence-electron chi connectivity index (χ4n) is 3.95. The van der Waals surface area contributed by atoms with E-state index in [0.717, 1.165) is 0 Å². The molecule has 35 heavy (non-hydrogen) atoms. The Morgan fingerprint density at radius 3 is 2.71 bits per heavy atom. The van der Waals surface area contributed by atoms with Crippen molar-refractivity contribution in [2.75, 3.05) is 56.2 Å². The van der Waals surface area contributed by atoms with E-state index in [-0.39, 0.29) is 29.9 Å². The number of nitrogens with zero attached hydrogens (tertiary/aromatic N) is 5. The molecule has 2 amide bonds. The molecule has 1 atom stereocenters. The van der Waals surface area contributed by atoms with Crippen LogP contribution in [0.5, 0.6) is 0 Å². The maximum Gasteiger partial charge on any atom is 0.414 e. The van der Waals surface area contributed by atoms with Gasteiger partial charge in [-0.2, -0.15) is 5.26 Å². The van der Waals surface area contributed by atoms with Crippen molar-refractivity contribution in [1.29, 1.82) is 5.26 Å². The number of piperazine rings is 1. The van der Waals surface area contributed by atoms with Crippen molar-refractivity contribution in [2.45, 2.75) is 6.10 Å². The lowest BCUT2D eigenvalue weighted by Gasteiger charge is -2.36. The number of rotatable bonds is 5. The number of methoxy groups -OCH3 is 1. The van der Waals surface area contributed by atoms with Crippen LogP contribution in [0.1, 0.15) is 16.1 Å². The van der Waals surface area contributed by atoms with Gasteiger partial charge < -0.3 is 24.6 Å². The Labute approximate surface area is 206 Å². The molecule has 0 spiro atoms. The number of nitriles is 1. The van der Waals surface area contributed by atoms with Gasteiger partial charge in [-0.3, -0.25) is 9.69 Å². The summed E-state index contributed by atoms with van der Waals surface area (Å²) in [7, 11) is 1.44. The van der Waals surface area contributed by atoms with Crippen molar-refractivity contribution < 1.29 is 23.5 Å². The van der Waals surface area contributed by atoms with E-state index in [0.29, 0.717) is 43.1 Å². The summed E-state index contributed by atoms with van der Waals surface area (Å²) < 4.78 is 25.2. The van der Waals surface area contributed by atoms with Gasteiger partial charge in [0.1, 0.15) is 23.7 Å². The Morgan fingerprint density at radius 1 is 1.31 bits per heavy atom. The predicted molar refractivity (Wildman–Crippen MR) is 129 cm³/mol. The largest absolute Gasteiger partial charge is 0.474 e. The van der Waals surface area contributed by atoms with E-state index in [1.54, 1.807) is 23.1 Å². The quantitative estimate of drug-likeness (QED) is 0.618. The SMILES string of the molecule is COC(=S)NCC1CN(c2ccc(N3CCN(C(=O)c4ccc(C#N)nc4)CC3)c(F)c2)C(=O)O1. The van der Waals surface area contributed by atoms with Gasteiger partial charge in [0.25, 0.3) is 11.1 Å². The highest BCUT2D eigenvalue weighted by Crippen LogP contribution is 2.28. The van der Waals surface area contributed by atoms with Crippen LogP contribution in [0, 0.1) is 17.1 Å². The first-order chi connectivity index (χ1) is 16.9. The Bertz CT molecular complexity index is 1160. The van der Waals surface area contributed by atoms with E-state index in [2.05, 4.69) is 10.3 Å². The number of pyridine rings is 1. The molecule has 1 unspecified atom stereocenters. The van der Waals surface area contributed by atoms with Gasteiger partial charge in [0.2, 0.25) is 0 Å². The molecule has 2 aliphatic heterocycles. The summed E-state index contributed by atoms with van der Waals surface area (Å²) in [6, 6.07) is 9.62. The fourth-order valence-corrected chi connectivity index (χ4v) is 4.03. The van der Waals surface area contributed by atoms with Crippen molar-refractivity contribution in [3.8, 4) is 6.07 Å². The van der Waals surface area contributed by atoms with Crippen molar-refractivity contribution in [3.63, 3.8) is 0 Å². The smallest absolute Gasteiger partial charge is 0.414 e. The molecular formula is C23H23FN6O4S. The number of carbonyl (C=O) groups is 2. The van der Waals surface area contributed by atoms with Crippen LogP contribution in [-0.4, -0.2) is 79.5 Å². The molecule has 1 aromatic heterocycles. The number of amides is 2. The number of carbonyl (C=O) groups excluding carboxylic acids is 2. The fraction of sp³-hybridized carbons (Fsp3) is 0.348. The van der Waals surface area contributed by atoms with Crippen molar-refractivity contribution in [3.05, 3.63) is 53.6 Å². The number of ether oxygens (including phenoxy) is 2. The number of nitrogens with one attached hydrogen (secondary N) is 1. The lowest BCUT2D eigenvalue weighted by atomic mass is 10.2. The average Bonchev–Trinajstić information content (AvgIpc) is 3.27. The van der Waals surface area contributed by atoms with E-state index >= 15 is 4.39 Å². The Balaban J connectivity index is 1.35. The third kappa shape index (κ3) is 5.41. The summed E-state index contributed by atoms with van der Waals surface area (Å²) in [6.45, 7) is 2.27. The molecule has 0 saturated carbocycles. The van der Waals surface area contributed by atoms with Crippen LogP contribution in [0.4, 0.5) is 20.6 Å². The normalized spacial score (nSPS) is 17.6. The minimum atomic E-state index is -0.559. The second-order valence-electron chi connectivity index (χ2n) is 7.95. The maximum absolute atomic E-state index is 15.0. The van der Waals surface area contributed by atoms with Crippen LogP contribution in [0.25, 0.3) is 0 Å². The van der Waals surface area contributed by atoms with Crippen LogP contribution in [0.2, 0.25) is 0 Å². The standard InChI is InChI=1S/C23H23FN6O4S/c1-33-22(35)27-13-18-14-30(23(32)34-18)17-4-5-20(19(24)10-17)28-6-8-29(9-7-28)21(31)15-2-3-16(11-25)26-12-15/h2-5,10,12,18H,6-9,13-14H2,1H3,(H,27,35). The third-order valence-corrected chi connectivity index (χ3v) is 6.12. The van der Waals surface area contributed by atoms with Crippen LogP contribution in [-0.2, 0) is 9.47 Å². The number of cyclic esters (lactones) is 1. The van der Waals surface area contributed by atoms with Crippen molar-refractivity contribution in [1.82, 2.24) is 15.2 Å². The summed E-state index contributed by atoms with van der Waals surface area (Å²) >= 11 is 4.91. The first-order valence-electron chi connectivity index (χ1n) is 10.9. The Kier molecular flexibility index (Phi) is 7.26. The molecule has 2 aromatic rings. The molecule has 1 N–H and O–H groups in total. The highest BCUT2D eigenvalue weighted by molar-refractivity contribution is 7.80. The van der Waals surface area contributed by atoms with Gasteiger partial charge in [-0.15, -0.1) is 0 Å². The molecule has 4 rings (SSSR count). The molecule has 182 valence electrons. The summed E-state index contributed by atoms with van der Waals surface area (Å²) in [6.07, 6.45) is 0.383. The predicted octanol–water partition coefficient (Wildman–Crippen LogP) is 1.90. The lowest BCUT2D eigenvalue weighted by Crippen LogP contribution is -2.49. The van der Waals surface area contributed by atoms with Gasteiger partial charge >= 0.3 is 6.09 Å². The minimum Gasteiger partial charge on any atom is -0.474 e. The molecule has 0 aliphatic carbocycles. The van der Waals surface area contributed by atoms with E-state index in [1.165, 1.54) is 30.3 Å². The third-order valence-electron chi connectivity index (χ3n) is 5.81. The topological polar surface area (TPSA) is 111 Å². The zero-order valence-corrected chi connectivity index (χ0v) is 19.8. The van der Waals surface area contributed by atoms with E-state index in [4.69, 9.17) is 27.0 Å². The van der Waals surface area contributed by atoms with Crippen LogP contribution < -0.4 is 15.1 Å². The maximum atomic E-state index is 15.0. The minimum absolute atomic E-state index is 0.180. The monoisotopic (exact) mass is 498 g/mol. The Morgan fingerprint density at radius 2 is 2.09 bits per heavy atom. The highest BCUT2D eigenvalue weighted by Gasteiger charge is 2.33. The van der Waals surface area contributed by atoms with Gasteiger partial charge in [0, 0.05) is 32.4 Å². The summed E-state index contributed by atoms with van der Waals surface area (Å²) in [4.78, 5) is 33.8. The molecule has 3 heterocycles. The second kappa shape index (κ2) is 10.5. The summed E-state index contributed by atoms with van der Waals surface area (Å²) in [5.41, 5.74) is 1.45. The van der Waals surface area contributed by atoms with Gasteiger partial charge in [-0.05, 0) is 42.5 Å². The molecule has 0 radical (unpaired) electrons. The highest BCUT2D eigenvalue weighted by atomic mass is 32.1. The van der Waals surface area contributed by atoms with E-state index in [1.807, 2.05) is 11.0 Å². The zero-order valence-electron chi connectivity index (χ0n) is 18.9. The summed E-state index contributed by atoms with van der Waals surface area (Å²) in [5, 5.41) is 11.9. The van der Waals surface area contributed by atoms with Crippen molar-refractivity contribution in [2.24, 2.45) is 0 Å². The number of aromatic nitrogens is 1. The lowest BCUT2D eigenvalue weighted by molar-refractivity contribution is 0.0746. The van der Waals surface area contributed by atoms with Crippen LogP contribution in [0.3, 0.4) is 0 Å². The van der Waals surface area contributed by atoms with Gasteiger partial charge in [0.05, 0.1) is 37.1 Å². The van der Waals surface area contributed by atoms with Gasteiger partial charge in [0.15, 0.2) is 0 Å². The molecule has 12 heteroatoms. The average molecular weight is 499 g/mol. The molecular weight excluding hydrogens is 475 g/mol. The van der Waals surface area contributed by atoms with Crippen LogP contribution in [0.15, 0.2) is 36.5 Å². The number of hydrogen-bond donors (Lipinski definition) is 1. The second-order valence-corrected chi connectivity index (χ2v) is 8.32. The van der Waals surface area contributed by atoms with Gasteiger partial charge in [-0.1, -0.05) is 0 Å². The van der Waals surface area contributed by atoms with E-state index in [9.17, 15) is 9.59 Å². The molecule has 2 saturated heterocycles. The van der Waals surface area contributed by atoms with Crippen LogP contribution >= 0.6 is 12.2 Å². The molecule has 2 fully saturated rings. The number of anilines is 2. The van der Waals surface area contributed by atoms with Crippen molar-refractivity contribution >= 4 is 40.8 Å². The molecule has 2 aliphatic rings. The Hall–Kier alpha value is -3.98. The summed E-state index contributed by atoms with van der Waals surface area (Å²) in [5.74, 6) is -0.645. The number of benzene rings is 1. The molecule has 1 aromatic carbocycles. The number of halogens is 1. The number of thiocarbonyl (C=S) groups is 1.